The van der Waals surface area contributed by atoms with Gasteiger partial charge >= 0.3 is 0 Å². The zero-order valence-corrected chi connectivity index (χ0v) is 19.5. The molecular weight excluding hydrogens is 394 g/mol. The van der Waals surface area contributed by atoms with Crippen molar-refractivity contribution in [2.45, 2.75) is 69.8 Å². The van der Waals surface area contributed by atoms with Crippen molar-refractivity contribution < 1.29 is 9.90 Å². The van der Waals surface area contributed by atoms with Gasteiger partial charge in [0.2, 0.25) is 0 Å². The standard InChI is InChI=1S/C29H35NO2/c1-4-15-29(32)17-14-27-26-11-7-21-18-23(31)10-12-24(21)25(26)13-16-28(27,29)19-20-5-8-22(9-6-20)30(2)3/h1,5-6,8-9,18,26-27,32H,7,10-17,19H2,2-3H3/t26?,27?,28-,29+/m1/s1. The van der Waals surface area contributed by atoms with E-state index in [1.807, 2.05) is 6.08 Å². The summed E-state index contributed by atoms with van der Waals surface area (Å²) in [6.45, 7) is 0. The van der Waals surface area contributed by atoms with Crippen LogP contribution in [0.3, 0.4) is 0 Å². The van der Waals surface area contributed by atoms with Crippen LogP contribution in [0.5, 0.6) is 0 Å². The molecule has 2 unspecified atom stereocenters. The van der Waals surface area contributed by atoms with Gasteiger partial charge in [0.1, 0.15) is 0 Å². The lowest BCUT2D eigenvalue weighted by Gasteiger charge is -2.53. The van der Waals surface area contributed by atoms with E-state index in [2.05, 4.69) is 49.2 Å². The highest BCUT2D eigenvalue weighted by Gasteiger charge is 2.62. The van der Waals surface area contributed by atoms with Crippen LogP contribution in [0.15, 0.2) is 47.1 Å². The summed E-state index contributed by atoms with van der Waals surface area (Å²) in [6, 6.07) is 8.84. The molecule has 168 valence electrons. The van der Waals surface area contributed by atoms with Crippen LogP contribution in [0, 0.1) is 29.6 Å². The first-order valence-electron chi connectivity index (χ1n) is 12.2. The zero-order valence-electron chi connectivity index (χ0n) is 19.5. The van der Waals surface area contributed by atoms with Crippen LogP contribution < -0.4 is 4.90 Å². The van der Waals surface area contributed by atoms with E-state index in [0.717, 1.165) is 51.4 Å². The number of rotatable bonds is 4. The number of allylic oxidation sites excluding steroid dienone is 4. The fourth-order valence-corrected chi connectivity index (χ4v) is 7.56. The molecule has 1 aromatic carbocycles. The van der Waals surface area contributed by atoms with Gasteiger partial charge in [0, 0.05) is 38.0 Å². The molecule has 0 saturated heterocycles. The van der Waals surface area contributed by atoms with Crippen molar-refractivity contribution in [3.8, 4) is 12.3 Å². The van der Waals surface area contributed by atoms with Gasteiger partial charge in [0.05, 0.1) is 5.60 Å². The molecule has 32 heavy (non-hydrogen) atoms. The van der Waals surface area contributed by atoms with E-state index in [0.29, 0.717) is 30.5 Å². The number of ketones is 1. The van der Waals surface area contributed by atoms with Gasteiger partial charge in [0.15, 0.2) is 5.78 Å². The van der Waals surface area contributed by atoms with Gasteiger partial charge in [-0.15, -0.1) is 12.3 Å². The lowest BCUT2D eigenvalue weighted by molar-refractivity contribution is -0.114. The van der Waals surface area contributed by atoms with Crippen molar-refractivity contribution in [2.75, 3.05) is 19.0 Å². The summed E-state index contributed by atoms with van der Waals surface area (Å²) >= 11 is 0. The van der Waals surface area contributed by atoms with E-state index in [-0.39, 0.29) is 5.41 Å². The van der Waals surface area contributed by atoms with Crippen LogP contribution in [0.25, 0.3) is 0 Å². The highest BCUT2D eigenvalue weighted by molar-refractivity contribution is 5.93. The number of carbonyl (C=O) groups is 1. The molecule has 3 heteroatoms. The van der Waals surface area contributed by atoms with Crippen LogP contribution in [-0.4, -0.2) is 30.6 Å². The van der Waals surface area contributed by atoms with E-state index in [1.54, 1.807) is 5.57 Å². The van der Waals surface area contributed by atoms with E-state index >= 15 is 0 Å². The predicted molar refractivity (Wildman–Crippen MR) is 129 cm³/mol. The second kappa shape index (κ2) is 7.92. The molecule has 0 bridgehead atoms. The van der Waals surface area contributed by atoms with E-state index in [9.17, 15) is 9.90 Å². The molecule has 0 radical (unpaired) electrons. The van der Waals surface area contributed by atoms with Gasteiger partial charge < -0.3 is 10.0 Å². The number of hydrogen-bond acceptors (Lipinski definition) is 3. The van der Waals surface area contributed by atoms with Crippen LogP contribution in [0.1, 0.15) is 63.4 Å². The van der Waals surface area contributed by atoms with Gasteiger partial charge in [-0.25, -0.2) is 0 Å². The normalized spacial score (nSPS) is 33.7. The monoisotopic (exact) mass is 429 g/mol. The summed E-state index contributed by atoms with van der Waals surface area (Å²) in [5.74, 6) is 4.10. The predicted octanol–water partition coefficient (Wildman–Crippen LogP) is 5.24. The van der Waals surface area contributed by atoms with Crippen LogP contribution in [0.4, 0.5) is 5.69 Å². The summed E-state index contributed by atoms with van der Waals surface area (Å²) in [6.07, 6.45) is 16.6. The van der Waals surface area contributed by atoms with Crippen molar-refractivity contribution >= 4 is 11.5 Å². The topological polar surface area (TPSA) is 40.5 Å². The number of terminal acetylenes is 1. The van der Waals surface area contributed by atoms with E-state index in [4.69, 9.17) is 6.42 Å². The minimum atomic E-state index is -0.790. The fraction of sp³-hybridized carbons (Fsp3) is 0.552. The average Bonchev–Trinajstić information content (AvgIpc) is 3.06. The van der Waals surface area contributed by atoms with E-state index < -0.39 is 5.60 Å². The fourth-order valence-electron chi connectivity index (χ4n) is 7.56. The van der Waals surface area contributed by atoms with Gasteiger partial charge in [-0.3, -0.25) is 4.79 Å². The Morgan fingerprint density at radius 3 is 2.59 bits per heavy atom. The Morgan fingerprint density at radius 1 is 1.09 bits per heavy atom. The Hall–Kier alpha value is -2.31. The van der Waals surface area contributed by atoms with Crippen LogP contribution >= 0.6 is 0 Å². The largest absolute Gasteiger partial charge is 0.388 e. The first-order valence-corrected chi connectivity index (χ1v) is 12.2. The van der Waals surface area contributed by atoms with Crippen molar-refractivity contribution in [2.24, 2.45) is 17.3 Å². The molecule has 2 saturated carbocycles. The smallest absolute Gasteiger partial charge is 0.156 e. The number of nitrogens with zero attached hydrogens (tertiary/aromatic N) is 1. The zero-order chi connectivity index (χ0) is 22.5. The molecule has 5 rings (SSSR count). The van der Waals surface area contributed by atoms with Gasteiger partial charge in [-0.2, -0.15) is 0 Å². The third-order valence-electron chi connectivity index (χ3n) is 9.10. The SMILES string of the molecule is C#CC[C@]1(O)CCC2C3CCC4=CC(=O)CCC4=C3CC[C@@]21Cc1ccc(N(C)C)cc1. The first-order chi connectivity index (χ1) is 15.4. The van der Waals surface area contributed by atoms with E-state index in [1.165, 1.54) is 22.4 Å². The third kappa shape index (κ3) is 3.27. The lowest BCUT2D eigenvalue weighted by Crippen LogP contribution is -2.52. The molecular formula is C29H35NO2. The molecule has 3 nitrogen and oxygen atoms in total. The Bertz CT molecular complexity index is 1020. The minimum absolute atomic E-state index is 0.167. The van der Waals surface area contributed by atoms with Crippen molar-refractivity contribution in [3.05, 3.63) is 52.6 Å². The summed E-state index contributed by atoms with van der Waals surface area (Å²) in [5, 5.41) is 12.0. The Morgan fingerprint density at radius 2 is 1.88 bits per heavy atom. The first kappa shape index (κ1) is 21.5. The highest BCUT2D eigenvalue weighted by Crippen LogP contribution is 2.65. The molecule has 2 fully saturated rings. The number of hydrogen-bond donors (Lipinski definition) is 1. The molecule has 1 N–H and O–H groups in total. The average molecular weight is 430 g/mol. The minimum Gasteiger partial charge on any atom is -0.388 e. The Labute approximate surface area is 192 Å². The number of aliphatic hydroxyl groups is 1. The summed E-state index contributed by atoms with van der Waals surface area (Å²) in [7, 11) is 4.13. The molecule has 1 aromatic rings. The maximum atomic E-state index is 12.0. The van der Waals surface area contributed by atoms with Crippen LogP contribution in [-0.2, 0) is 11.2 Å². The number of anilines is 1. The number of benzene rings is 1. The summed E-state index contributed by atoms with van der Waals surface area (Å²) < 4.78 is 0. The van der Waals surface area contributed by atoms with Crippen molar-refractivity contribution in [3.63, 3.8) is 0 Å². The molecule has 4 atom stereocenters. The summed E-state index contributed by atoms with van der Waals surface area (Å²) in [4.78, 5) is 14.1. The maximum Gasteiger partial charge on any atom is 0.156 e. The van der Waals surface area contributed by atoms with Crippen molar-refractivity contribution in [1.82, 2.24) is 0 Å². The van der Waals surface area contributed by atoms with Gasteiger partial charge in [-0.05, 0) is 98.1 Å². The van der Waals surface area contributed by atoms with Crippen LogP contribution in [0.2, 0.25) is 0 Å². The Balaban J connectivity index is 1.53. The lowest BCUT2D eigenvalue weighted by atomic mass is 9.52. The van der Waals surface area contributed by atoms with Gasteiger partial charge in [0.25, 0.3) is 0 Å². The second-order valence-electron chi connectivity index (χ2n) is 10.7. The third-order valence-corrected chi connectivity index (χ3v) is 9.10. The molecule has 0 aliphatic heterocycles. The molecule has 0 heterocycles. The van der Waals surface area contributed by atoms with Gasteiger partial charge in [-0.1, -0.05) is 17.7 Å². The maximum absolute atomic E-state index is 12.0. The Kier molecular flexibility index (Phi) is 5.33. The highest BCUT2D eigenvalue weighted by atomic mass is 16.3. The molecule has 4 aliphatic rings. The molecule has 0 amide bonds. The number of fused-ring (bicyclic) bond motifs is 4. The quantitative estimate of drug-likeness (QED) is 0.666. The molecule has 4 aliphatic carbocycles. The molecule has 0 aromatic heterocycles. The second-order valence-corrected chi connectivity index (χ2v) is 10.7. The molecule has 0 spiro atoms. The summed E-state index contributed by atoms with van der Waals surface area (Å²) in [5.41, 5.74) is 5.92. The number of carbonyl (C=O) groups excluding carboxylic acids is 1. The van der Waals surface area contributed by atoms with Crippen molar-refractivity contribution in [1.29, 1.82) is 0 Å².